The molecule has 0 spiro atoms. The number of benzene rings is 1. The molecule has 0 radical (unpaired) electrons. The van der Waals surface area contributed by atoms with Crippen LogP contribution < -0.4 is 10.2 Å². The smallest absolute Gasteiger partial charge is 0.274 e. The van der Waals surface area contributed by atoms with E-state index >= 15 is 0 Å². The summed E-state index contributed by atoms with van der Waals surface area (Å²) in [6.45, 7) is 4.25. The molecule has 0 saturated carbocycles. The lowest BCUT2D eigenvalue weighted by atomic mass is 10.2. The summed E-state index contributed by atoms with van der Waals surface area (Å²) in [5.74, 6) is -0.121. The van der Waals surface area contributed by atoms with Crippen LogP contribution in [-0.2, 0) is 6.42 Å². The lowest BCUT2D eigenvalue weighted by Crippen LogP contribution is -2.18. The summed E-state index contributed by atoms with van der Waals surface area (Å²) in [7, 11) is 0. The fraction of sp³-hybridized carbons (Fsp3) is 0.300. The molecule has 0 atom stereocenters. The van der Waals surface area contributed by atoms with Gasteiger partial charge in [-0.05, 0) is 55.7 Å². The van der Waals surface area contributed by atoms with E-state index < -0.39 is 0 Å². The minimum atomic E-state index is -0.121. The van der Waals surface area contributed by atoms with Crippen molar-refractivity contribution in [2.45, 2.75) is 26.2 Å². The van der Waals surface area contributed by atoms with E-state index in [4.69, 9.17) is 0 Å². The number of nitrogens with one attached hydrogen (secondary N) is 1. The molecule has 3 aromatic rings. The number of aryl methyl sites for hydroxylation is 1. The van der Waals surface area contributed by atoms with E-state index in [9.17, 15) is 4.79 Å². The zero-order valence-electron chi connectivity index (χ0n) is 14.4. The van der Waals surface area contributed by atoms with Gasteiger partial charge >= 0.3 is 0 Å². The van der Waals surface area contributed by atoms with Crippen LogP contribution in [0.2, 0.25) is 0 Å². The molecule has 1 aliphatic rings. The van der Waals surface area contributed by atoms with E-state index in [1.807, 2.05) is 47.9 Å². The van der Waals surface area contributed by atoms with Crippen molar-refractivity contribution in [2.24, 2.45) is 0 Å². The number of pyridine rings is 1. The molecule has 0 aliphatic carbocycles. The fourth-order valence-electron chi connectivity index (χ4n) is 3.45. The summed E-state index contributed by atoms with van der Waals surface area (Å²) < 4.78 is 1.85. The molecule has 0 bridgehead atoms. The normalized spacial score (nSPS) is 14.2. The highest BCUT2D eigenvalue weighted by molar-refractivity contribution is 6.04. The Kier molecular flexibility index (Phi) is 4.14. The van der Waals surface area contributed by atoms with Crippen LogP contribution in [-0.4, -0.2) is 28.4 Å². The predicted molar refractivity (Wildman–Crippen MR) is 100 cm³/mol. The zero-order chi connectivity index (χ0) is 17.2. The van der Waals surface area contributed by atoms with Crippen LogP contribution in [0.25, 0.3) is 5.65 Å². The number of anilines is 2. The molecule has 1 fully saturated rings. The molecule has 5 heteroatoms. The van der Waals surface area contributed by atoms with Crippen LogP contribution in [0.1, 0.15) is 35.9 Å². The van der Waals surface area contributed by atoms with Crippen molar-refractivity contribution in [3.63, 3.8) is 0 Å². The average molecular weight is 334 g/mol. The maximum atomic E-state index is 12.8. The van der Waals surface area contributed by atoms with E-state index in [-0.39, 0.29) is 5.91 Å². The van der Waals surface area contributed by atoms with E-state index in [1.54, 1.807) is 0 Å². The molecule has 25 heavy (non-hydrogen) atoms. The van der Waals surface area contributed by atoms with Gasteiger partial charge in [0.15, 0.2) is 0 Å². The molecule has 1 N–H and O–H groups in total. The lowest BCUT2D eigenvalue weighted by molar-refractivity contribution is 0.102. The van der Waals surface area contributed by atoms with Crippen molar-refractivity contribution in [1.82, 2.24) is 9.38 Å². The van der Waals surface area contributed by atoms with Crippen LogP contribution >= 0.6 is 0 Å². The topological polar surface area (TPSA) is 49.6 Å². The first-order valence-corrected chi connectivity index (χ1v) is 8.88. The zero-order valence-corrected chi connectivity index (χ0v) is 14.4. The second kappa shape index (κ2) is 6.59. The highest BCUT2D eigenvalue weighted by Crippen LogP contribution is 2.23. The second-order valence-corrected chi connectivity index (χ2v) is 6.38. The highest BCUT2D eigenvalue weighted by atomic mass is 16.2. The van der Waals surface area contributed by atoms with Gasteiger partial charge in [0.25, 0.3) is 5.91 Å². The molecule has 1 amide bonds. The molecular formula is C20H22N4O. The lowest BCUT2D eigenvalue weighted by Gasteiger charge is -2.17. The van der Waals surface area contributed by atoms with Gasteiger partial charge in [0.2, 0.25) is 0 Å². The van der Waals surface area contributed by atoms with E-state index in [1.165, 1.54) is 18.5 Å². The minimum absolute atomic E-state index is 0.121. The Labute approximate surface area is 147 Å². The third-order valence-electron chi connectivity index (χ3n) is 4.75. The first-order valence-electron chi connectivity index (χ1n) is 8.88. The number of rotatable bonds is 4. The van der Waals surface area contributed by atoms with Crippen molar-refractivity contribution < 1.29 is 4.79 Å². The number of hydrogen-bond donors (Lipinski definition) is 1. The van der Waals surface area contributed by atoms with Crippen LogP contribution in [0.5, 0.6) is 0 Å². The fourth-order valence-corrected chi connectivity index (χ4v) is 3.45. The number of carbonyl (C=O) groups excluding carboxylic acids is 1. The van der Waals surface area contributed by atoms with Crippen molar-refractivity contribution in [2.75, 3.05) is 23.3 Å². The first kappa shape index (κ1) is 15.7. The SMILES string of the molecule is CCc1nc2ccccn2c1C(=O)Nc1ccc(N2CCCC2)cc1. The van der Waals surface area contributed by atoms with Crippen molar-refractivity contribution in [1.29, 1.82) is 0 Å². The number of nitrogens with zero attached hydrogens (tertiary/aromatic N) is 3. The molecule has 1 aliphatic heterocycles. The van der Waals surface area contributed by atoms with Gasteiger partial charge in [0.05, 0.1) is 5.69 Å². The third kappa shape index (κ3) is 2.97. The molecule has 5 nitrogen and oxygen atoms in total. The summed E-state index contributed by atoms with van der Waals surface area (Å²) in [6.07, 6.45) is 5.12. The number of hydrogen-bond acceptors (Lipinski definition) is 3. The molecule has 4 rings (SSSR count). The van der Waals surface area contributed by atoms with Gasteiger partial charge in [-0.1, -0.05) is 13.0 Å². The van der Waals surface area contributed by atoms with Gasteiger partial charge < -0.3 is 10.2 Å². The van der Waals surface area contributed by atoms with Crippen LogP contribution in [0.4, 0.5) is 11.4 Å². The summed E-state index contributed by atoms with van der Waals surface area (Å²) >= 11 is 0. The maximum Gasteiger partial charge on any atom is 0.274 e. The minimum Gasteiger partial charge on any atom is -0.372 e. The molecule has 1 saturated heterocycles. The number of imidazole rings is 1. The summed E-state index contributed by atoms with van der Waals surface area (Å²) in [5, 5.41) is 3.01. The Balaban J connectivity index is 1.58. The number of fused-ring (bicyclic) bond motifs is 1. The van der Waals surface area contributed by atoms with Crippen molar-refractivity contribution in [3.8, 4) is 0 Å². The highest BCUT2D eigenvalue weighted by Gasteiger charge is 2.18. The summed E-state index contributed by atoms with van der Waals surface area (Å²) in [4.78, 5) is 19.8. The Hall–Kier alpha value is -2.82. The Morgan fingerprint density at radius 2 is 1.88 bits per heavy atom. The first-order chi connectivity index (χ1) is 12.3. The Bertz CT molecular complexity index is 892. The van der Waals surface area contributed by atoms with Crippen molar-refractivity contribution >= 4 is 22.9 Å². The van der Waals surface area contributed by atoms with Crippen LogP contribution in [0, 0.1) is 0 Å². The van der Waals surface area contributed by atoms with Gasteiger partial charge in [-0.2, -0.15) is 0 Å². The summed E-state index contributed by atoms with van der Waals surface area (Å²) in [5.41, 5.74) is 4.26. The Morgan fingerprint density at radius 3 is 2.60 bits per heavy atom. The largest absolute Gasteiger partial charge is 0.372 e. The molecule has 128 valence electrons. The monoisotopic (exact) mass is 334 g/mol. The van der Waals surface area contributed by atoms with Crippen molar-refractivity contribution in [3.05, 3.63) is 60.0 Å². The average Bonchev–Trinajstić information content (AvgIpc) is 3.29. The molecule has 3 heterocycles. The van der Waals surface area contributed by atoms with E-state index in [2.05, 4.69) is 27.3 Å². The standard InChI is InChI=1S/C20H22N4O/c1-2-17-19(24-14-4-3-7-18(24)22-17)20(25)21-15-8-10-16(11-9-15)23-12-5-6-13-23/h3-4,7-11,14H,2,5-6,12-13H2,1H3,(H,21,25). The van der Waals surface area contributed by atoms with Gasteiger partial charge in [-0.3, -0.25) is 9.20 Å². The van der Waals surface area contributed by atoms with Gasteiger partial charge in [0.1, 0.15) is 11.3 Å². The van der Waals surface area contributed by atoms with Crippen LogP contribution in [0.15, 0.2) is 48.7 Å². The molecule has 1 aromatic carbocycles. The second-order valence-electron chi connectivity index (χ2n) is 6.38. The van der Waals surface area contributed by atoms with Gasteiger partial charge in [-0.15, -0.1) is 0 Å². The number of amides is 1. The number of aromatic nitrogens is 2. The third-order valence-corrected chi connectivity index (χ3v) is 4.75. The van der Waals surface area contributed by atoms with Gasteiger partial charge in [-0.25, -0.2) is 4.98 Å². The van der Waals surface area contributed by atoms with Gasteiger partial charge in [0, 0.05) is 30.7 Å². The van der Waals surface area contributed by atoms with E-state index in [0.717, 1.165) is 36.5 Å². The van der Waals surface area contributed by atoms with Crippen LogP contribution in [0.3, 0.4) is 0 Å². The number of carbonyl (C=O) groups is 1. The summed E-state index contributed by atoms with van der Waals surface area (Å²) in [6, 6.07) is 13.9. The van der Waals surface area contributed by atoms with E-state index in [0.29, 0.717) is 5.69 Å². The quantitative estimate of drug-likeness (QED) is 0.790. The molecule has 0 unspecified atom stereocenters. The molecule has 2 aromatic heterocycles. The maximum absolute atomic E-state index is 12.8. The predicted octanol–water partition coefficient (Wildman–Crippen LogP) is 3.75. The Morgan fingerprint density at radius 1 is 1.12 bits per heavy atom. The molecular weight excluding hydrogens is 312 g/mol.